The molecule has 0 amide bonds. The van der Waals surface area contributed by atoms with E-state index in [1.54, 1.807) is 0 Å². The monoisotopic (exact) mass is 328 g/mol. The Morgan fingerprint density at radius 3 is 3.00 bits per heavy atom. The predicted octanol–water partition coefficient (Wildman–Crippen LogP) is 2.92. The van der Waals surface area contributed by atoms with Gasteiger partial charge in [-0.05, 0) is 31.5 Å². The van der Waals surface area contributed by atoms with E-state index in [4.69, 9.17) is 22.7 Å². The fraction of sp³-hybridized carbons (Fsp3) is 0.462. The molecule has 0 saturated carbocycles. The normalized spacial score (nSPS) is 20.7. The lowest BCUT2D eigenvalue weighted by molar-refractivity contribution is 0.183. The van der Waals surface area contributed by atoms with E-state index in [0.717, 1.165) is 35.4 Å². The first-order chi connectivity index (χ1) is 8.58. The first-order valence-corrected chi connectivity index (χ1v) is 7.21. The molecule has 0 spiro atoms. The molecule has 1 aliphatic rings. The van der Waals surface area contributed by atoms with Crippen molar-refractivity contribution in [3.63, 3.8) is 0 Å². The number of nitrogens with one attached hydrogen (secondary N) is 1. The summed E-state index contributed by atoms with van der Waals surface area (Å²) in [6.45, 7) is 3.85. The minimum absolute atomic E-state index is 0.343. The van der Waals surface area contributed by atoms with Crippen molar-refractivity contribution < 1.29 is 4.74 Å². The summed E-state index contributed by atoms with van der Waals surface area (Å²) in [6, 6.07) is 6.24. The van der Waals surface area contributed by atoms with Gasteiger partial charge in [0.2, 0.25) is 0 Å². The van der Waals surface area contributed by atoms with Crippen LogP contribution in [0.4, 0.5) is 5.69 Å². The Hall–Kier alpha value is -0.650. The maximum absolute atomic E-state index is 5.75. The topological polar surface area (TPSA) is 47.3 Å². The number of nitrogens with two attached hydrogens (primary N) is 1. The SMILES string of the molecule is CC(Nc1cc(Br)ccc1C(N)=S)C1CCOC1. The molecular weight excluding hydrogens is 312 g/mol. The molecule has 0 bridgehead atoms. The zero-order valence-corrected chi connectivity index (χ0v) is 12.7. The number of halogens is 1. The molecule has 0 aromatic heterocycles. The number of anilines is 1. The van der Waals surface area contributed by atoms with E-state index in [0.29, 0.717) is 16.9 Å². The van der Waals surface area contributed by atoms with E-state index in [9.17, 15) is 0 Å². The van der Waals surface area contributed by atoms with Gasteiger partial charge in [0.1, 0.15) is 4.99 Å². The molecule has 2 atom stereocenters. The Morgan fingerprint density at radius 2 is 2.39 bits per heavy atom. The smallest absolute Gasteiger partial charge is 0.106 e. The Morgan fingerprint density at radius 1 is 1.61 bits per heavy atom. The number of hydrogen-bond donors (Lipinski definition) is 2. The van der Waals surface area contributed by atoms with Crippen LogP contribution in [-0.2, 0) is 4.74 Å². The second kappa shape index (κ2) is 5.99. The van der Waals surface area contributed by atoms with E-state index in [-0.39, 0.29) is 0 Å². The van der Waals surface area contributed by atoms with Gasteiger partial charge in [0, 0.05) is 34.3 Å². The zero-order valence-electron chi connectivity index (χ0n) is 10.3. The van der Waals surface area contributed by atoms with Crippen LogP contribution in [0, 0.1) is 5.92 Å². The van der Waals surface area contributed by atoms with E-state index in [1.165, 1.54) is 0 Å². The number of rotatable bonds is 4. The molecular formula is C13H17BrN2OS. The molecule has 2 unspecified atom stereocenters. The zero-order chi connectivity index (χ0) is 13.1. The van der Waals surface area contributed by atoms with E-state index in [1.807, 2.05) is 18.2 Å². The quantitative estimate of drug-likeness (QED) is 0.834. The Balaban J connectivity index is 2.16. The van der Waals surface area contributed by atoms with Crippen molar-refractivity contribution >= 4 is 38.8 Å². The Labute approximate surface area is 121 Å². The van der Waals surface area contributed by atoms with Crippen LogP contribution >= 0.6 is 28.1 Å². The van der Waals surface area contributed by atoms with Gasteiger partial charge in [-0.1, -0.05) is 28.1 Å². The highest BCUT2D eigenvalue weighted by atomic mass is 79.9. The fourth-order valence-electron chi connectivity index (χ4n) is 2.16. The van der Waals surface area contributed by atoms with Crippen LogP contribution in [0.15, 0.2) is 22.7 Å². The molecule has 1 aromatic rings. The minimum atomic E-state index is 0.343. The molecule has 1 fully saturated rings. The summed E-state index contributed by atoms with van der Waals surface area (Å²) in [5, 5.41) is 3.50. The third-order valence-corrected chi connectivity index (χ3v) is 4.02. The molecule has 1 aromatic carbocycles. The number of benzene rings is 1. The fourth-order valence-corrected chi connectivity index (χ4v) is 2.70. The summed E-state index contributed by atoms with van der Waals surface area (Å²) in [7, 11) is 0. The van der Waals surface area contributed by atoms with Gasteiger partial charge in [-0.25, -0.2) is 0 Å². The summed E-state index contributed by atoms with van der Waals surface area (Å²) in [4.78, 5) is 0.417. The van der Waals surface area contributed by atoms with E-state index >= 15 is 0 Å². The van der Waals surface area contributed by atoms with Gasteiger partial charge in [-0.15, -0.1) is 0 Å². The molecule has 18 heavy (non-hydrogen) atoms. The summed E-state index contributed by atoms with van der Waals surface area (Å²) in [5.74, 6) is 0.545. The lowest BCUT2D eigenvalue weighted by Crippen LogP contribution is -2.27. The van der Waals surface area contributed by atoms with Gasteiger partial charge < -0.3 is 15.8 Å². The van der Waals surface area contributed by atoms with Crippen molar-refractivity contribution in [1.29, 1.82) is 0 Å². The molecule has 1 saturated heterocycles. The maximum atomic E-state index is 5.75. The third-order valence-electron chi connectivity index (χ3n) is 3.30. The molecule has 5 heteroatoms. The molecule has 1 aliphatic heterocycles. The predicted molar refractivity (Wildman–Crippen MR) is 82.0 cm³/mol. The van der Waals surface area contributed by atoms with Gasteiger partial charge in [0.05, 0.1) is 6.61 Å². The molecule has 0 radical (unpaired) electrons. The molecule has 0 aliphatic carbocycles. The molecule has 1 heterocycles. The van der Waals surface area contributed by atoms with Gasteiger partial charge in [0.25, 0.3) is 0 Å². The van der Waals surface area contributed by atoms with Crippen LogP contribution in [-0.4, -0.2) is 24.2 Å². The summed E-state index contributed by atoms with van der Waals surface area (Å²) in [6.07, 6.45) is 1.10. The Bertz CT molecular complexity index is 447. The first-order valence-electron chi connectivity index (χ1n) is 6.01. The molecule has 2 rings (SSSR count). The number of ether oxygens (including phenoxy) is 1. The van der Waals surface area contributed by atoms with Gasteiger partial charge in [0.15, 0.2) is 0 Å². The van der Waals surface area contributed by atoms with Crippen molar-refractivity contribution in [2.75, 3.05) is 18.5 Å². The highest BCUT2D eigenvalue weighted by Gasteiger charge is 2.22. The lowest BCUT2D eigenvalue weighted by Gasteiger charge is -2.22. The standard InChI is InChI=1S/C13H17BrN2OS/c1-8(9-4-5-17-7-9)16-12-6-10(14)2-3-11(12)13(15)18/h2-3,6,8-9,16H,4-5,7H2,1H3,(H2,15,18). The van der Waals surface area contributed by atoms with Gasteiger partial charge in [-0.3, -0.25) is 0 Å². The molecule has 3 nitrogen and oxygen atoms in total. The van der Waals surface area contributed by atoms with Crippen LogP contribution in [0.1, 0.15) is 18.9 Å². The van der Waals surface area contributed by atoms with Crippen molar-refractivity contribution in [2.45, 2.75) is 19.4 Å². The summed E-state index contributed by atoms with van der Waals surface area (Å²) >= 11 is 8.55. The van der Waals surface area contributed by atoms with Crippen LogP contribution < -0.4 is 11.1 Å². The second-order valence-electron chi connectivity index (χ2n) is 4.61. The van der Waals surface area contributed by atoms with E-state index in [2.05, 4.69) is 28.2 Å². The Kier molecular flexibility index (Phi) is 4.59. The number of hydrogen-bond acceptors (Lipinski definition) is 3. The van der Waals surface area contributed by atoms with Crippen LogP contribution in [0.2, 0.25) is 0 Å². The second-order valence-corrected chi connectivity index (χ2v) is 5.97. The largest absolute Gasteiger partial charge is 0.389 e. The molecule has 3 N–H and O–H groups in total. The third kappa shape index (κ3) is 3.22. The van der Waals surface area contributed by atoms with Crippen molar-refractivity contribution in [1.82, 2.24) is 0 Å². The van der Waals surface area contributed by atoms with Crippen LogP contribution in [0.5, 0.6) is 0 Å². The van der Waals surface area contributed by atoms with Crippen molar-refractivity contribution in [3.05, 3.63) is 28.2 Å². The number of thiocarbonyl (C=S) groups is 1. The van der Waals surface area contributed by atoms with Crippen LogP contribution in [0.25, 0.3) is 0 Å². The highest BCUT2D eigenvalue weighted by molar-refractivity contribution is 9.10. The average molecular weight is 329 g/mol. The summed E-state index contributed by atoms with van der Waals surface area (Å²) < 4.78 is 6.43. The van der Waals surface area contributed by atoms with Gasteiger partial charge >= 0.3 is 0 Å². The maximum Gasteiger partial charge on any atom is 0.106 e. The highest BCUT2D eigenvalue weighted by Crippen LogP contribution is 2.25. The van der Waals surface area contributed by atoms with Crippen molar-refractivity contribution in [2.24, 2.45) is 11.7 Å². The average Bonchev–Trinajstić information content (AvgIpc) is 2.81. The van der Waals surface area contributed by atoms with E-state index < -0.39 is 0 Å². The lowest BCUT2D eigenvalue weighted by atomic mass is 10.00. The summed E-state index contributed by atoms with van der Waals surface area (Å²) in [5.41, 5.74) is 7.62. The van der Waals surface area contributed by atoms with Gasteiger partial charge in [-0.2, -0.15) is 0 Å². The van der Waals surface area contributed by atoms with Crippen LogP contribution in [0.3, 0.4) is 0 Å². The first kappa shape index (κ1) is 13.8. The van der Waals surface area contributed by atoms with Crippen molar-refractivity contribution in [3.8, 4) is 0 Å². The minimum Gasteiger partial charge on any atom is -0.389 e. The molecule has 98 valence electrons.